The molecule has 0 aromatic carbocycles. The summed E-state index contributed by atoms with van der Waals surface area (Å²) in [5.74, 6) is -1.02. The molecule has 434 valence electrons. The standard InChI is InChI=1S/C71H114O6/c1-4-7-10-13-16-19-22-25-28-30-32-33-34-35-36-37-39-40-43-46-49-52-55-58-61-64-70(73)76-67-68(66-75-69(72)63-60-57-54-51-48-45-42-27-24-21-18-15-12-9-6-3)77-71(74)65-62-59-56-53-50-47-44-41-38-31-29-26-23-20-17-14-11-8-5-2/h7-8,10-11,16-17,19-20,25-26,28-29,32-33,35-36,38-41,47,50,56,59,68H,4-6,9,12-15,18,21-24,27,30-31,34,37,42-46,48-49,51-55,57-58,60-67H2,1-3H3/b10-7-,11-8-,19-16-,20-17-,28-25-,29-26-,33-32-,36-35-,40-39-,41-38-,50-47-,59-56-. The van der Waals surface area contributed by atoms with Crippen LogP contribution in [-0.2, 0) is 28.6 Å². The molecule has 0 saturated carbocycles. The minimum Gasteiger partial charge on any atom is -0.462 e. The molecule has 1 atom stereocenters. The summed E-state index contributed by atoms with van der Waals surface area (Å²) in [6, 6.07) is 0. The Kier molecular flexibility index (Phi) is 59.9. The van der Waals surface area contributed by atoms with E-state index < -0.39 is 12.1 Å². The lowest BCUT2D eigenvalue weighted by Gasteiger charge is -2.18. The molecule has 0 rings (SSSR count). The van der Waals surface area contributed by atoms with Gasteiger partial charge in [0.05, 0.1) is 0 Å². The Balaban J connectivity index is 4.51. The number of carbonyl (C=O) groups is 3. The molecular weight excluding hydrogens is 949 g/mol. The molecule has 1 unspecified atom stereocenters. The Morgan fingerprint density at radius 1 is 0.273 bits per heavy atom. The first-order valence-corrected chi connectivity index (χ1v) is 31.3. The van der Waals surface area contributed by atoms with Crippen molar-refractivity contribution in [2.75, 3.05) is 13.2 Å². The molecule has 0 aliphatic rings. The van der Waals surface area contributed by atoms with Gasteiger partial charge in [-0.25, -0.2) is 0 Å². The number of esters is 3. The van der Waals surface area contributed by atoms with E-state index >= 15 is 0 Å². The molecule has 0 heterocycles. The topological polar surface area (TPSA) is 78.9 Å². The van der Waals surface area contributed by atoms with Crippen molar-refractivity contribution in [3.8, 4) is 0 Å². The van der Waals surface area contributed by atoms with E-state index in [0.29, 0.717) is 19.3 Å². The highest BCUT2D eigenvalue weighted by Gasteiger charge is 2.19. The van der Waals surface area contributed by atoms with Crippen molar-refractivity contribution in [2.24, 2.45) is 0 Å². The third kappa shape index (κ3) is 62.0. The Bertz CT molecular complexity index is 1700. The SMILES string of the molecule is CC/C=C\C/C=C\C/C=C\C/C=C\C/C=C\C/C=C\CCCCCCCCC(=O)OCC(COC(=O)CCCCCCCCCCCCCCCCC)OC(=O)CC/C=C\C/C=C\C/C=C\C/C=C\C/C=C\C/C=C\CC. The van der Waals surface area contributed by atoms with Crippen molar-refractivity contribution < 1.29 is 28.6 Å². The molecule has 0 amide bonds. The average Bonchev–Trinajstić information content (AvgIpc) is 3.43. The lowest BCUT2D eigenvalue weighted by Crippen LogP contribution is -2.30. The van der Waals surface area contributed by atoms with Crippen LogP contribution in [0.2, 0.25) is 0 Å². The minimum atomic E-state index is -0.831. The van der Waals surface area contributed by atoms with Crippen molar-refractivity contribution in [1.82, 2.24) is 0 Å². The molecule has 0 aliphatic carbocycles. The first-order valence-electron chi connectivity index (χ1n) is 31.3. The number of allylic oxidation sites excluding steroid dienone is 24. The molecule has 6 nitrogen and oxygen atoms in total. The van der Waals surface area contributed by atoms with Gasteiger partial charge in [-0.15, -0.1) is 0 Å². The Morgan fingerprint density at radius 2 is 0.532 bits per heavy atom. The van der Waals surface area contributed by atoms with Crippen LogP contribution in [0.1, 0.15) is 265 Å². The summed E-state index contributed by atoms with van der Waals surface area (Å²) in [7, 11) is 0. The molecule has 0 N–H and O–H groups in total. The van der Waals surface area contributed by atoms with Gasteiger partial charge in [0.25, 0.3) is 0 Å². The Morgan fingerprint density at radius 3 is 0.844 bits per heavy atom. The summed E-state index contributed by atoms with van der Waals surface area (Å²) in [5, 5.41) is 0. The number of unbranched alkanes of at least 4 members (excludes halogenated alkanes) is 20. The summed E-state index contributed by atoms with van der Waals surface area (Å²) >= 11 is 0. The number of hydrogen-bond donors (Lipinski definition) is 0. The smallest absolute Gasteiger partial charge is 0.306 e. The van der Waals surface area contributed by atoms with Gasteiger partial charge in [-0.1, -0.05) is 282 Å². The van der Waals surface area contributed by atoms with Gasteiger partial charge in [0.1, 0.15) is 13.2 Å². The van der Waals surface area contributed by atoms with Crippen LogP contribution in [0.25, 0.3) is 0 Å². The van der Waals surface area contributed by atoms with Gasteiger partial charge in [0.15, 0.2) is 6.10 Å². The zero-order valence-corrected chi connectivity index (χ0v) is 49.7. The van der Waals surface area contributed by atoms with Gasteiger partial charge in [0.2, 0.25) is 0 Å². The Hall–Kier alpha value is -4.71. The summed E-state index contributed by atoms with van der Waals surface area (Å²) in [4.78, 5) is 38.3. The third-order valence-corrected chi connectivity index (χ3v) is 12.9. The fourth-order valence-electron chi connectivity index (χ4n) is 8.24. The molecule has 0 spiro atoms. The number of ether oxygens (including phenoxy) is 3. The zero-order valence-electron chi connectivity index (χ0n) is 49.7. The fourth-order valence-corrected chi connectivity index (χ4v) is 8.24. The van der Waals surface area contributed by atoms with Crippen LogP contribution in [-0.4, -0.2) is 37.2 Å². The summed E-state index contributed by atoms with van der Waals surface area (Å²) in [5.41, 5.74) is 0. The molecule has 0 aromatic rings. The van der Waals surface area contributed by atoms with Crippen molar-refractivity contribution in [3.05, 3.63) is 146 Å². The zero-order chi connectivity index (χ0) is 55.7. The highest BCUT2D eigenvalue weighted by Crippen LogP contribution is 2.15. The first-order chi connectivity index (χ1) is 38.0. The second kappa shape index (κ2) is 63.8. The van der Waals surface area contributed by atoms with Crippen molar-refractivity contribution >= 4 is 17.9 Å². The first kappa shape index (κ1) is 72.3. The van der Waals surface area contributed by atoms with Crippen LogP contribution < -0.4 is 0 Å². The van der Waals surface area contributed by atoms with Crippen LogP contribution >= 0.6 is 0 Å². The molecule has 0 bridgehead atoms. The number of rotatable bonds is 55. The minimum absolute atomic E-state index is 0.116. The third-order valence-electron chi connectivity index (χ3n) is 12.9. The molecular formula is C71H114O6. The lowest BCUT2D eigenvalue weighted by molar-refractivity contribution is -0.166. The monoisotopic (exact) mass is 1060 g/mol. The molecule has 0 saturated heterocycles. The second-order valence-electron chi connectivity index (χ2n) is 20.2. The molecule has 0 aromatic heterocycles. The quantitative estimate of drug-likeness (QED) is 0.0261. The van der Waals surface area contributed by atoms with Crippen LogP contribution in [0.5, 0.6) is 0 Å². The van der Waals surface area contributed by atoms with Crippen LogP contribution in [0.3, 0.4) is 0 Å². The largest absolute Gasteiger partial charge is 0.462 e. The van der Waals surface area contributed by atoms with Gasteiger partial charge in [-0.3, -0.25) is 14.4 Å². The van der Waals surface area contributed by atoms with Crippen molar-refractivity contribution in [1.29, 1.82) is 0 Å². The van der Waals surface area contributed by atoms with Crippen molar-refractivity contribution in [2.45, 2.75) is 271 Å². The maximum absolute atomic E-state index is 12.9. The maximum atomic E-state index is 12.9. The fraction of sp³-hybridized carbons (Fsp3) is 0.620. The van der Waals surface area contributed by atoms with Crippen LogP contribution in [0.15, 0.2) is 146 Å². The molecule has 77 heavy (non-hydrogen) atoms. The van der Waals surface area contributed by atoms with E-state index in [-0.39, 0.29) is 31.6 Å². The highest BCUT2D eigenvalue weighted by molar-refractivity contribution is 5.71. The predicted molar refractivity (Wildman–Crippen MR) is 334 cm³/mol. The normalized spacial score (nSPS) is 13.1. The summed E-state index contributed by atoms with van der Waals surface area (Å²) in [6.45, 7) is 6.34. The molecule has 6 heteroatoms. The van der Waals surface area contributed by atoms with E-state index in [1.54, 1.807) is 0 Å². The second-order valence-corrected chi connectivity index (χ2v) is 20.2. The van der Waals surface area contributed by atoms with E-state index in [0.717, 1.165) is 128 Å². The van der Waals surface area contributed by atoms with E-state index in [2.05, 4.69) is 161 Å². The van der Waals surface area contributed by atoms with Crippen molar-refractivity contribution in [3.63, 3.8) is 0 Å². The van der Waals surface area contributed by atoms with E-state index in [1.165, 1.54) is 89.9 Å². The lowest BCUT2D eigenvalue weighted by atomic mass is 10.0. The van der Waals surface area contributed by atoms with Crippen LogP contribution in [0.4, 0.5) is 0 Å². The van der Waals surface area contributed by atoms with Gasteiger partial charge >= 0.3 is 17.9 Å². The molecule has 0 aliphatic heterocycles. The highest BCUT2D eigenvalue weighted by atomic mass is 16.6. The number of hydrogen-bond acceptors (Lipinski definition) is 6. The number of carbonyl (C=O) groups excluding carboxylic acids is 3. The summed E-state index contributed by atoms with van der Waals surface area (Å²) in [6.07, 6.45) is 91.4. The maximum Gasteiger partial charge on any atom is 0.306 e. The van der Waals surface area contributed by atoms with Gasteiger partial charge in [-0.05, 0) is 109 Å². The van der Waals surface area contributed by atoms with E-state index in [9.17, 15) is 14.4 Å². The molecule has 0 radical (unpaired) electrons. The predicted octanol–water partition coefficient (Wildman–Crippen LogP) is 21.5. The molecule has 0 fully saturated rings. The Labute approximate surface area is 474 Å². The summed E-state index contributed by atoms with van der Waals surface area (Å²) < 4.78 is 16.8. The average molecular weight is 1060 g/mol. The van der Waals surface area contributed by atoms with E-state index in [1.807, 2.05) is 6.08 Å². The van der Waals surface area contributed by atoms with Gasteiger partial charge < -0.3 is 14.2 Å². The van der Waals surface area contributed by atoms with Gasteiger partial charge in [0, 0.05) is 19.3 Å². The van der Waals surface area contributed by atoms with Gasteiger partial charge in [-0.2, -0.15) is 0 Å². The van der Waals surface area contributed by atoms with Crippen LogP contribution in [0, 0.1) is 0 Å². The van der Waals surface area contributed by atoms with E-state index in [4.69, 9.17) is 14.2 Å².